The molecule has 6 nitrogen and oxygen atoms in total. The van der Waals surface area contributed by atoms with Crippen LogP contribution in [0.3, 0.4) is 0 Å². The molecule has 0 spiro atoms. The molecule has 2 aromatic rings. The van der Waals surface area contributed by atoms with Crippen LogP contribution < -0.4 is 0 Å². The minimum Gasteiger partial charge on any atom is -0.365 e. The zero-order valence-corrected chi connectivity index (χ0v) is 13.8. The number of nitrogens with zero attached hydrogens (tertiary/aromatic N) is 3. The smallest absolute Gasteiger partial charge is 0.227 e. The number of likely N-dealkylation sites (tertiary alicyclic amines) is 1. The van der Waals surface area contributed by atoms with Crippen molar-refractivity contribution >= 4 is 17.2 Å². The Morgan fingerprint density at radius 2 is 2.43 bits per heavy atom. The largest absolute Gasteiger partial charge is 0.365 e. The van der Waals surface area contributed by atoms with Gasteiger partial charge in [0.15, 0.2) is 0 Å². The van der Waals surface area contributed by atoms with Gasteiger partial charge in [-0.3, -0.25) is 4.79 Å². The van der Waals surface area contributed by atoms with Crippen LogP contribution in [0.5, 0.6) is 0 Å². The molecule has 2 aliphatic rings. The lowest BCUT2D eigenvalue weighted by Crippen LogP contribution is -2.45. The van der Waals surface area contributed by atoms with Gasteiger partial charge in [0.25, 0.3) is 0 Å². The van der Waals surface area contributed by atoms with E-state index in [2.05, 4.69) is 10.1 Å². The fraction of sp³-hybridized carbons (Fsp3) is 0.562. The van der Waals surface area contributed by atoms with Gasteiger partial charge in [0.1, 0.15) is 6.10 Å². The van der Waals surface area contributed by atoms with E-state index < -0.39 is 0 Å². The number of hydrogen-bond donors (Lipinski definition) is 0. The van der Waals surface area contributed by atoms with E-state index in [0.29, 0.717) is 30.6 Å². The Kier molecular flexibility index (Phi) is 3.90. The summed E-state index contributed by atoms with van der Waals surface area (Å²) in [6, 6.07) is 2.01. The van der Waals surface area contributed by atoms with Crippen LogP contribution >= 0.6 is 11.3 Å². The Balaban J connectivity index is 1.38. The van der Waals surface area contributed by atoms with E-state index in [-0.39, 0.29) is 18.1 Å². The van der Waals surface area contributed by atoms with Crippen LogP contribution in [0.15, 0.2) is 21.3 Å². The first kappa shape index (κ1) is 14.8. The third-order valence-corrected chi connectivity index (χ3v) is 5.40. The van der Waals surface area contributed by atoms with Crippen LogP contribution in [-0.2, 0) is 16.0 Å². The van der Waals surface area contributed by atoms with E-state index in [4.69, 9.17) is 9.26 Å². The molecular weight excluding hydrogens is 314 g/mol. The molecule has 3 atom stereocenters. The van der Waals surface area contributed by atoms with Crippen LogP contribution in [0, 0.1) is 12.8 Å². The summed E-state index contributed by atoms with van der Waals surface area (Å²) in [6.07, 6.45) is 2.35. The van der Waals surface area contributed by atoms with Gasteiger partial charge < -0.3 is 14.2 Å². The van der Waals surface area contributed by atoms with Gasteiger partial charge in [0.05, 0.1) is 12.5 Å². The van der Waals surface area contributed by atoms with Crippen LogP contribution in [0.2, 0.25) is 0 Å². The van der Waals surface area contributed by atoms with E-state index in [1.54, 1.807) is 18.3 Å². The Labute approximate surface area is 138 Å². The number of amides is 1. The molecule has 2 saturated heterocycles. The summed E-state index contributed by atoms with van der Waals surface area (Å²) in [5.74, 6) is 1.85. The molecule has 0 N–H and O–H groups in total. The maximum absolute atomic E-state index is 12.4. The van der Waals surface area contributed by atoms with Gasteiger partial charge in [-0.2, -0.15) is 16.3 Å². The van der Waals surface area contributed by atoms with E-state index in [0.717, 1.165) is 24.9 Å². The standard InChI is InChI=1S/C16H19N3O3S/c1-10-17-16(18-22-10)13-7-12-2-4-19(8-14(12)21-13)15(20)6-11-3-5-23-9-11/h3,5,9,12-14H,2,4,6-8H2,1H3/t12-,13-,14+/m0/s1. The number of hydrogen-bond acceptors (Lipinski definition) is 6. The number of aromatic nitrogens is 2. The van der Waals surface area contributed by atoms with Crippen molar-refractivity contribution in [3.8, 4) is 0 Å². The number of fused-ring (bicyclic) bond motifs is 1. The lowest BCUT2D eigenvalue weighted by molar-refractivity contribution is -0.135. The Hall–Kier alpha value is -1.73. The van der Waals surface area contributed by atoms with Gasteiger partial charge in [-0.1, -0.05) is 5.16 Å². The normalized spacial score (nSPS) is 27.2. The predicted octanol–water partition coefficient (Wildman–Crippen LogP) is 2.36. The van der Waals surface area contributed by atoms with Gasteiger partial charge in [-0.15, -0.1) is 0 Å². The monoisotopic (exact) mass is 333 g/mol. The fourth-order valence-corrected chi connectivity index (χ4v) is 4.12. The summed E-state index contributed by atoms with van der Waals surface area (Å²) >= 11 is 1.63. The molecule has 2 aromatic heterocycles. The number of carbonyl (C=O) groups excluding carboxylic acids is 1. The molecule has 23 heavy (non-hydrogen) atoms. The van der Waals surface area contributed by atoms with Crippen LogP contribution in [-0.4, -0.2) is 40.1 Å². The number of thiophene rings is 1. The second kappa shape index (κ2) is 6.05. The van der Waals surface area contributed by atoms with Crippen molar-refractivity contribution in [2.75, 3.05) is 13.1 Å². The number of piperidine rings is 1. The second-order valence-electron chi connectivity index (χ2n) is 6.27. The van der Waals surface area contributed by atoms with Crippen molar-refractivity contribution < 1.29 is 14.1 Å². The Bertz CT molecular complexity index is 685. The Morgan fingerprint density at radius 3 is 3.17 bits per heavy atom. The molecule has 122 valence electrons. The highest BCUT2D eigenvalue weighted by Crippen LogP contribution is 2.40. The van der Waals surface area contributed by atoms with Crippen molar-refractivity contribution in [2.24, 2.45) is 5.92 Å². The second-order valence-corrected chi connectivity index (χ2v) is 7.05. The lowest BCUT2D eigenvalue weighted by Gasteiger charge is -2.34. The molecule has 4 heterocycles. The zero-order valence-electron chi connectivity index (χ0n) is 13.0. The number of ether oxygens (including phenoxy) is 1. The maximum atomic E-state index is 12.4. The van der Waals surface area contributed by atoms with Gasteiger partial charge >= 0.3 is 0 Å². The van der Waals surface area contributed by atoms with Crippen LogP contribution in [0.1, 0.15) is 36.2 Å². The summed E-state index contributed by atoms with van der Waals surface area (Å²) in [5.41, 5.74) is 1.09. The van der Waals surface area contributed by atoms with Gasteiger partial charge in [-0.25, -0.2) is 0 Å². The first-order valence-corrected chi connectivity index (χ1v) is 8.88. The minimum atomic E-state index is -0.102. The van der Waals surface area contributed by atoms with Crippen molar-refractivity contribution in [1.29, 1.82) is 0 Å². The first-order chi connectivity index (χ1) is 11.2. The first-order valence-electron chi connectivity index (χ1n) is 7.93. The van der Waals surface area contributed by atoms with E-state index in [1.807, 2.05) is 21.7 Å². The highest BCUT2D eigenvalue weighted by molar-refractivity contribution is 7.07. The quantitative estimate of drug-likeness (QED) is 0.862. The van der Waals surface area contributed by atoms with Crippen LogP contribution in [0.4, 0.5) is 0 Å². The molecule has 2 aliphatic heterocycles. The SMILES string of the molecule is Cc1nc([C@@H]2C[C@@H]3CCN(C(=O)Cc4ccsc4)C[C@H]3O2)no1. The lowest BCUT2D eigenvalue weighted by atomic mass is 9.91. The van der Waals surface area contributed by atoms with Crippen molar-refractivity contribution in [1.82, 2.24) is 15.0 Å². The summed E-state index contributed by atoms with van der Waals surface area (Å²) in [4.78, 5) is 18.6. The van der Waals surface area contributed by atoms with Crippen molar-refractivity contribution in [3.05, 3.63) is 34.1 Å². The molecule has 0 radical (unpaired) electrons. The molecule has 1 amide bonds. The highest BCUT2D eigenvalue weighted by atomic mass is 32.1. The highest BCUT2D eigenvalue weighted by Gasteiger charge is 2.42. The molecule has 2 fully saturated rings. The van der Waals surface area contributed by atoms with Crippen LogP contribution in [0.25, 0.3) is 0 Å². The van der Waals surface area contributed by atoms with Gasteiger partial charge in [0.2, 0.25) is 17.6 Å². The zero-order chi connectivity index (χ0) is 15.8. The summed E-state index contributed by atoms with van der Waals surface area (Å²) in [6.45, 7) is 3.26. The third kappa shape index (κ3) is 3.03. The van der Waals surface area contributed by atoms with Crippen molar-refractivity contribution in [2.45, 2.75) is 38.4 Å². The predicted molar refractivity (Wildman–Crippen MR) is 84.0 cm³/mol. The molecule has 4 rings (SSSR count). The minimum absolute atomic E-state index is 0.0824. The van der Waals surface area contributed by atoms with Gasteiger partial charge in [-0.05, 0) is 41.1 Å². The number of aryl methyl sites for hydroxylation is 1. The Morgan fingerprint density at radius 1 is 1.52 bits per heavy atom. The van der Waals surface area contributed by atoms with E-state index >= 15 is 0 Å². The average Bonchev–Trinajstić information content (AvgIpc) is 3.25. The fourth-order valence-electron chi connectivity index (χ4n) is 3.45. The number of carbonyl (C=O) groups is 1. The summed E-state index contributed by atoms with van der Waals surface area (Å²) in [7, 11) is 0. The molecule has 7 heteroatoms. The average molecular weight is 333 g/mol. The molecule has 0 saturated carbocycles. The maximum Gasteiger partial charge on any atom is 0.227 e. The molecule has 0 bridgehead atoms. The summed E-state index contributed by atoms with van der Waals surface area (Å²) < 4.78 is 11.1. The number of rotatable bonds is 3. The summed E-state index contributed by atoms with van der Waals surface area (Å²) in [5, 5.41) is 8.01. The third-order valence-electron chi connectivity index (χ3n) is 4.67. The van der Waals surface area contributed by atoms with Gasteiger partial charge in [0, 0.05) is 20.0 Å². The van der Waals surface area contributed by atoms with Crippen molar-refractivity contribution in [3.63, 3.8) is 0 Å². The molecule has 0 aromatic carbocycles. The molecular formula is C16H19N3O3S. The molecule has 0 unspecified atom stereocenters. The van der Waals surface area contributed by atoms with E-state index in [1.165, 1.54) is 0 Å². The van der Waals surface area contributed by atoms with E-state index in [9.17, 15) is 4.79 Å². The topological polar surface area (TPSA) is 68.5 Å². The molecule has 0 aliphatic carbocycles.